The summed E-state index contributed by atoms with van der Waals surface area (Å²) in [5.41, 5.74) is 0. The summed E-state index contributed by atoms with van der Waals surface area (Å²) in [4.78, 5) is 0. The second-order valence-electron chi connectivity index (χ2n) is 2.41. The van der Waals surface area contributed by atoms with Crippen molar-refractivity contribution >= 4 is 0 Å². The number of rotatable bonds is 3. The van der Waals surface area contributed by atoms with Crippen LogP contribution in [-0.4, -0.2) is 12.5 Å². The maximum absolute atomic E-state index is 12.3. The molecule has 77 valence electrons. The Hall–Kier alpha value is -1.46. The summed E-state index contributed by atoms with van der Waals surface area (Å²) in [7, 11) is 0. The minimum absolute atomic E-state index is 0.794. The van der Waals surface area contributed by atoms with E-state index in [1.54, 1.807) is 0 Å². The van der Waals surface area contributed by atoms with Crippen molar-refractivity contribution in [1.29, 1.82) is 0 Å². The quantitative estimate of drug-likeness (QED) is 0.703. The average Bonchev–Trinajstić information content (AvgIpc) is 2.08. The van der Waals surface area contributed by atoms with Crippen LogP contribution < -0.4 is 4.74 Å². The molecule has 1 rings (SSSR count). The molecule has 0 amide bonds. The van der Waals surface area contributed by atoms with Crippen molar-refractivity contribution in [2.75, 3.05) is 0 Å². The highest BCUT2D eigenvalue weighted by Gasteiger charge is 2.44. The van der Waals surface area contributed by atoms with Crippen LogP contribution in [0.2, 0.25) is 0 Å². The molecule has 1 radical (unpaired) electrons. The van der Waals surface area contributed by atoms with Gasteiger partial charge in [0, 0.05) is 0 Å². The van der Waals surface area contributed by atoms with Gasteiger partial charge in [-0.3, -0.25) is 5.11 Å². The van der Waals surface area contributed by atoms with Gasteiger partial charge in [0.15, 0.2) is 5.75 Å². The molecule has 1 aromatic rings. The molecule has 0 fully saturated rings. The van der Waals surface area contributed by atoms with Gasteiger partial charge in [-0.2, -0.15) is 17.6 Å². The average molecular weight is 209 g/mol. The minimum atomic E-state index is -4.64. The van der Waals surface area contributed by atoms with Gasteiger partial charge >= 0.3 is 12.5 Å². The van der Waals surface area contributed by atoms with Crippen LogP contribution in [0.15, 0.2) is 24.3 Å². The molecule has 0 aliphatic rings. The summed E-state index contributed by atoms with van der Waals surface area (Å²) in [6, 6.07) is 4.36. The molecule has 2 nitrogen and oxygen atoms in total. The summed E-state index contributed by atoms with van der Waals surface area (Å²) < 4.78 is 51.5. The summed E-state index contributed by atoms with van der Waals surface area (Å²) in [6.45, 7) is 0. The number of ether oxygens (including phenoxy) is 1. The number of alkyl halides is 4. The fourth-order valence-electron chi connectivity index (χ4n) is 0.726. The molecule has 0 N–H and O–H groups in total. The van der Waals surface area contributed by atoms with Crippen LogP contribution in [0.4, 0.5) is 17.6 Å². The minimum Gasteiger partial charge on any atom is -0.424 e. The number of hydrogen-bond donors (Lipinski definition) is 0. The van der Waals surface area contributed by atoms with E-state index < -0.39 is 24.0 Å². The normalized spacial score (nSPS) is 11.8. The molecule has 0 unspecified atom stereocenters. The van der Waals surface area contributed by atoms with Crippen LogP contribution in [-0.2, 0) is 5.11 Å². The standard InChI is InChI=1S/C8H5F4O2/c9-7(10)8(11,12)14-6-4-2-1-3-5(6)13/h1-4,7H. The Kier molecular flexibility index (Phi) is 2.83. The van der Waals surface area contributed by atoms with E-state index in [4.69, 9.17) is 0 Å². The molecule has 0 aromatic heterocycles. The van der Waals surface area contributed by atoms with E-state index in [0.717, 1.165) is 12.1 Å². The van der Waals surface area contributed by atoms with Crippen molar-refractivity contribution in [2.45, 2.75) is 12.5 Å². The van der Waals surface area contributed by atoms with Crippen LogP contribution in [0, 0.1) is 0 Å². The summed E-state index contributed by atoms with van der Waals surface area (Å²) >= 11 is 0. The predicted octanol–water partition coefficient (Wildman–Crippen LogP) is 3.07. The second-order valence-corrected chi connectivity index (χ2v) is 2.41. The zero-order valence-corrected chi connectivity index (χ0v) is 6.72. The van der Waals surface area contributed by atoms with Crippen LogP contribution in [0.5, 0.6) is 11.5 Å². The zero-order valence-electron chi connectivity index (χ0n) is 6.72. The largest absolute Gasteiger partial charge is 0.461 e. The fraction of sp³-hybridized carbons (Fsp3) is 0.250. The summed E-state index contributed by atoms with van der Waals surface area (Å²) in [5.74, 6) is -1.66. The molecular formula is C8H5F4O2. The number of para-hydroxylation sites is 2. The molecule has 1 aromatic carbocycles. The van der Waals surface area contributed by atoms with Crippen molar-refractivity contribution < 1.29 is 27.4 Å². The Morgan fingerprint density at radius 1 is 1.21 bits per heavy atom. The molecule has 0 saturated carbocycles. The zero-order chi connectivity index (χ0) is 10.8. The van der Waals surface area contributed by atoms with Crippen molar-refractivity contribution in [1.82, 2.24) is 0 Å². The highest BCUT2D eigenvalue weighted by Crippen LogP contribution is 2.33. The van der Waals surface area contributed by atoms with Crippen molar-refractivity contribution in [3.63, 3.8) is 0 Å². The molecule has 0 spiro atoms. The number of hydrogen-bond acceptors (Lipinski definition) is 1. The first-order valence-corrected chi connectivity index (χ1v) is 3.54. The predicted molar refractivity (Wildman–Crippen MR) is 38.2 cm³/mol. The van der Waals surface area contributed by atoms with Crippen molar-refractivity contribution in [3.8, 4) is 11.5 Å². The van der Waals surface area contributed by atoms with E-state index in [0.29, 0.717) is 0 Å². The van der Waals surface area contributed by atoms with E-state index in [1.807, 2.05) is 0 Å². The Balaban J connectivity index is 2.84. The first-order chi connectivity index (χ1) is 6.43. The lowest BCUT2D eigenvalue weighted by molar-refractivity contribution is -0.253. The SMILES string of the molecule is [O]c1ccccc1OC(F)(F)C(F)F. The molecule has 0 bridgehead atoms. The lowest BCUT2D eigenvalue weighted by Crippen LogP contribution is -2.33. The van der Waals surface area contributed by atoms with Gasteiger partial charge in [-0.25, -0.2) is 0 Å². The van der Waals surface area contributed by atoms with Gasteiger partial charge < -0.3 is 4.74 Å². The fourth-order valence-corrected chi connectivity index (χ4v) is 0.726. The first-order valence-electron chi connectivity index (χ1n) is 3.54. The molecule has 0 atom stereocenters. The van der Waals surface area contributed by atoms with Gasteiger partial charge in [-0.1, -0.05) is 12.1 Å². The van der Waals surface area contributed by atoms with Gasteiger partial charge in [0.05, 0.1) is 0 Å². The smallest absolute Gasteiger partial charge is 0.424 e. The van der Waals surface area contributed by atoms with Crippen molar-refractivity contribution in [3.05, 3.63) is 24.3 Å². The molecule has 0 aliphatic carbocycles. The van der Waals surface area contributed by atoms with Gasteiger partial charge in [0.25, 0.3) is 0 Å². The molecule has 14 heavy (non-hydrogen) atoms. The van der Waals surface area contributed by atoms with Gasteiger partial charge in [-0.05, 0) is 12.1 Å². The topological polar surface area (TPSA) is 29.1 Å². The summed E-state index contributed by atoms with van der Waals surface area (Å²) in [6.07, 6.45) is -8.61. The lowest BCUT2D eigenvalue weighted by atomic mass is 10.3. The van der Waals surface area contributed by atoms with Crippen LogP contribution in [0.25, 0.3) is 0 Å². The van der Waals surface area contributed by atoms with Gasteiger partial charge in [0.1, 0.15) is 0 Å². The second kappa shape index (κ2) is 3.73. The first kappa shape index (κ1) is 10.6. The van der Waals surface area contributed by atoms with E-state index in [2.05, 4.69) is 4.74 Å². The third kappa shape index (κ3) is 2.27. The summed E-state index contributed by atoms with van der Waals surface area (Å²) in [5, 5.41) is 10.8. The molecule has 6 heteroatoms. The number of benzene rings is 1. The molecule has 0 saturated heterocycles. The van der Waals surface area contributed by atoms with Gasteiger partial charge in [0.2, 0.25) is 5.75 Å². The Bertz CT molecular complexity index is 314. The lowest BCUT2D eigenvalue weighted by Gasteiger charge is -2.16. The third-order valence-corrected chi connectivity index (χ3v) is 1.35. The van der Waals surface area contributed by atoms with E-state index in [1.165, 1.54) is 12.1 Å². The van der Waals surface area contributed by atoms with Crippen LogP contribution >= 0.6 is 0 Å². The Labute approximate surface area is 76.7 Å². The highest BCUT2D eigenvalue weighted by molar-refractivity contribution is 5.37. The third-order valence-electron chi connectivity index (χ3n) is 1.35. The highest BCUT2D eigenvalue weighted by atomic mass is 19.3. The van der Waals surface area contributed by atoms with E-state index in [-0.39, 0.29) is 0 Å². The van der Waals surface area contributed by atoms with E-state index in [9.17, 15) is 22.7 Å². The maximum atomic E-state index is 12.3. The Morgan fingerprint density at radius 3 is 2.29 bits per heavy atom. The number of halogens is 4. The van der Waals surface area contributed by atoms with E-state index >= 15 is 0 Å². The van der Waals surface area contributed by atoms with Gasteiger partial charge in [-0.15, -0.1) is 0 Å². The monoisotopic (exact) mass is 209 g/mol. The molecule has 0 heterocycles. The molecule has 0 aliphatic heterocycles. The molecular weight excluding hydrogens is 204 g/mol. The van der Waals surface area contributed by atoms with Crippen molar-refractivity contribution in [2.24, 2.45) is 0 Å². The maximum Gasteiger partial charge on any atom is 0.461 e. The Morgan fingerprint density at radius 2 is 1.79 bits per heavy atom. The van der Waals surface area contributed by atoms with Crippen LogP contribution in [0.3, 0.4) is 0 Å². The van der Waals surface area contributed by atoms with Crippen LogP contribution in [0.1, 0.15) is 0 Å².